The minimum Gasteiger partial charge on any atom is -0.445 e. The van der Waals surface area contributed by atoms with Crippen LogP contribution in [-0.2, 0) is 21.7 Å². The van der Waals surface area contributed by atoms with Crippen molar-refractivity contribution in [1.82, 2.24) is 10.6 Å². The second-order valence-corrected chi connectivity index (χ2v) is 6.08. The quantitative estimate of drug-likeness (QED) is 0.909. The third-order valence-corrected chi connectivity index (χ3v) is 4.36. The smallest absolute Gasteiger partial charge is 0.407 e. The van der Waals surface area contributed by atoms with Gasteiger partial charge in [-0.1, -0.05) is 60.7 Å². The van der Waals surface area contributed by atoms with Gasteiger partial charge in [0.15, 0.2) is 0 Å². The summed E-state index contributed by atoms with van der Waals surface area (Å²) in [5.74, 6) is -0.0882. The third kappa shape index (κ3) is 3.40. The highest BCUT2D eigenvalue weighted by Gasteiger charge is 2.45. The lowest BCUT2D eigenvalue weighted by atomic mass is 9.86. The Morgan fingerprint density at radius 1 is 1.17 bits per heavy atom. The van der Waals surface area contributed by atoms with Gasteiger partial charge in [0.25, 0.3) is 0 Å². The number of ether oxygens (including phenoxy) is 1. The second kappa shape index (κ2) is 6.74. The van der Waals surface area contributed by atoms with E-state index in [-0.39, 0.29) is 25.0 Å². The Hall–Kier alpha value is -2.82. The monoisotopic (exact) mass is 324 g/mol. The van der Waals surface area contributed by atoms with Gasteiger partial charge in [-0.2, -0.15) is 0 Å². The van der Waals surface area contributed by atoms with Crippen LogP contribution >= 0.6 is 0 Å². The first kappa shape index (κ1) is 16.1. The second-order valence-electron chi connectivity index (χ2n) is 6.08. The molecule has 2 amide bonds. The number of amides is 2. The number of carbonyl (C=O) groups is 2. The van der Waals surface area contributed by atoms with E-state index in [1.54, 1.807) is 0 Å². The van der Waals surface area contributed by atoms with Crippen LogP contribution in [0.25, 0.3) is 0 Å². The minimum absolute atomic E-state index is 0.0882. The van der Waals surface area contributed by atoms with Crippen LogP contribution in [0.5, 0.6) is 0 Å². The van der Waals surface area contributed by atoms with Crippen molar-refractivity contribution in [2.45, 2.75) is 31.5 Å². The largest absolute Gasteiger partial charge is 0.445 e. The maximum Gasteiger partial charge on any atom is 0.407 e. The lowest BCUT2D eigenvalue weighted by molar-refractivity contribution is -0.119. The van der Waals surface area contributed by atoms with Crippen molar-refractivity contribution in [3.05, 3.63) is 71.8 Å². The molecule has 2 atom stereocenters. The fourth-order valence-corrected chi connectivity index (χ4v) is 2.98. The van der Waals surface area contributed by atoms with Crippen LogP contribution in [0.15, 0.2) is 60.7 Å². The fourth-order valence-electron chi connectivity index (χ4n) is 2.98. The lowest BCUT2D eigenvalue weighted by Gasteiger charge is -2.31. The van der Waals surface area contributed by atoms with Crippen molar-refractivity contribution in [2.75, 3.05) is 0 Å². The molecule has 1 aliphatic heterocycles. The van der Waals surface area contributed by atoms with Crippen LogP contribution in [0.2, 0.25) is 0 Å². The molecule has 124 valence electrons. The highest BCUT2D eigenvalue weighted by Crippen LogP contribution is 2.31. The molecule has 0 aromatic heterocycles. The molecule has 3 rings (SSSR count). The normalized spacial score (nSPS) is 22.7. The summed E-state index contributed by atoms with van der Waals surface area (Å²) in [6.45, 7) is 2.11. The molecular formula is C19H20N2O3. The molecule has 0 saturated carbocycles. The zero-order valence-corrected chi connectivity index (χ0v) is 13.5. The predicted octanol–water partition coefficient (Wildman–Crippen LogP) is 2.72. The van der Waals surface area contributed by atoms with E-state index in [2.05, 4.69) is 10.6 Å². The number of nitrogens with one attached hydrogen (secondary N) is 2. The average molecular weight is 324 g/mol. The molecular weight excluding hydrogens is 304 g/mol. The van der Waals surface area contributed by atoms with Crippen molar-refractivity contribution >= 4 is 12.0 Å². The molecule has 5 heteroatoms. The van der Waals surface area contributed by atoms with Gasteiger partial charge in [0, 0.05) is 6.42 Å². The summed E-state index contributed by atoms with van der Waals surface area (Å²) in [5.41, 5.74) is 1.22. The van der Waals surface area contributed by atoms with E-state index in [1.807, 2.05) is 67.6 Å². The number of rotatable bonds is 4. The van der Waals surface area contributed by atoms with Gasteiger partial charge in [0.2, 0.25) is 5.91 Å². The first-order valence-electron chi connectivity index (χ1n) is 7.92. The summed E-state index contributed by atoms with van der Waals surface area (Å²) in [4.78, 5) is 24.0. The number of hydrogen-bond acceptors (Lipinski definition) is 3. The van der Waals surface area contributed by atoms with Gasteiger partial charge in [-0.25, -0.2) is 4.79 Å². The first-order valence-corrected chi connectivity index (χ1v) is 7.92. The van der Waals surface area contributed by atoms with Gasteiger partial charge in [-0.05, 0) is 18.1 Å². The molecule has 1 heterocycles. The van der Waals surface area contributed by atoms with E-state index in [0.717, 1.165) is 11.1 Å². The Bertz CT molecular complexity index is 718. The lowest BCUT2D eigenvalue weighted by Crippen LogP contribution is -2.50. The Balaban J connectivity index is 1.66. The van der Waals surface area contributed by atoms with E-state index in [1.165, 1.54) is 0 Å². The van der Waals surface area contributed by atoms with Gasteiger partial charge < -0.3 is 15.4 Å². The molecule has 2 aromatic rings. The fraction of sp³-hybridized carbons (Fsp3) is 0.263. The standard InChI is InChI=1S/C19H20N2O3/c1-19(15-10-6-3-7-11-15)16(12-17(22)21-19)20-18(23)24-13-14-8-4-2-5-9-14/h2-11,16H,12-13H2,1H3,(H,20,23)(H,21,22)/t16-,19+/m0/s1. The zero-order chi connectivity index (χ0) is 17.0. The summed E-state index contributed by atoms with van der Waals surface area (Å²) in [7, 11) is 0. The molecule has 1 fully saturated rings. The molecule has 5 nitrogen and oxygen atoms in total. The molecule has 2 aromatic carbocycles. The maximum atomic E-state index is 12.1. The van der Waals surface area contributed by atoms with Crippen LogP contribution in [0.3, 0.4) is 0 Å². The third-order valence-electron chi connectivity index (χ3n) is 4.36. The Kier molecular flexibility index (Phi) is 4.51. The van der Waals surface area contributed by atoms with Crippen molar-refractivity contribution in [2.24, 2.45) is 0 Å². The van der Waals surface area contributed by atoms with Gasteiger partial charge in [0.05, 0.1) is 11.6 Å². The summed E-state index contributed by atoms with van der Waals surface area (Å²) >= 11 is 0. The maximum absolute atomic E-state index is 12.1. The van der Waals surface area contributed by atoms with Gasteiger partial charge in [0.1, 0.15) is 6.61 Å². The zero-order valence-electron chi connectivity index (χ0n) is 13.5. The van der Waals surface area contributed by atoms with Crippen LogP contribution < -0.4 is 10.6 Å². The molecule has 1 aliphatic rings. The van der Waals surface area contributed by atoms with E-state index < -0.39 is 11.6 Å². The highest BCUT2D eigenvalue weighted by molar-refractivity contribution is 5.82. The van der Waals surface area contributed by atoms with Crippen LogP contribution in [0.1, 0.15) is 24.5 Å². The number of alkyl carbamates (subject to hydrolysis) is 1. The molecule has 0 bridgehead atoms. The molecule has 24 heavy (non-hydrogen) atoms. The van der Waals surface area contributed by atoms with Gasteiger partial charge in [-0.15, -0.1) is 0 Å². The molecule has 0 unspecified atom stereocenters. The van der Waals surface area contributed by atoms with E-state index in [4.69, 9.17) is 4.74 Å². The summed E-state index contributed by atoms with van der Waals surface area (Å²) in [6.07, 6.45) is -0.297. The van der Waals surface area contributed by atoms with Crippen molar-refractivity contribution in [1.29, 1.82) is 0 Å². The molecule has 0 radical (unpaired) electrons. The molecule has 1 saturated heterocycles. The predicted molar refractivity (Wildman–Crippen MR) is 90.1 cm³/mol. The van der Waals surface area contributed by atoms with Crippen LogP contribution in [0, 0.1) is 0 Å². The van der Waals surface area contributed by atoms with Crippen LogP contribution in [0.4, 0.5) is 4.79 Å². The Morgan fingerprint density at radius 2 is 1.79 bits per heavy atom. The summed E-state index contributed by atoms with van der Waals surface area (Å²) < 4.78 is 5.27. The molecule has 0 aliphatic carbocycles. The van der Waals surface area contributed by atoms with E-state index >= 15 is 0 Å². The molecule has 2 N–H and O–H groups in total. The average Bonchev–Trinajstić information content (AvgIpc) is 2.89. The summed E-state index contributed by atoms with van der Waals surface area (Å²) in [5, 5.41) is 5.79. The van der Waals surface area contributed by atoms with Crippen molar-refractivity contribution in [3.63, 3.8) is 0 Å². The number of benzene rings is 2. The summed E-state index contributed by atoms with van der Waals surface area (Å²) in [6, 6.07) is 18.7. The van der Waals surface area contributed by atoms with Crippen molar-refractivity contribution in [3.8, 4) is 0 Å². The number of hydrogen-bond donors (Lipinski definition) is 2. The topological polar surface area (TPSA) is 67.4 Å². The first-order chi connectivity index (χ1) is 11.6. The SMILES string of the molecule is C[C@]1(c2ccccc2)NC(=O)C[C@@H]1NC(=O)OCc1ccccc1. The van der Waals surface area contributed by atoms with Crippen molar-refractivity contribution < 1.29 is 14.3 Å². The Morgan fingerprint density at radius 3 is 2.46 bits per heavy atom. The van der Waals surface area contributed by atoms with E-state index in [0.29, 0.717) is 0 Å². The van der Waals surface area contributed by atoms with Gasteiger partial charge in [-0.3, -0.25) is 4.79 Å². The highest BCUT2D eigenvalue weighted by atomic mass is 16.5. The number of carbonyl (C=O) groups excluding carboxylic acids is 2. The minimum atomic E-state index is -0.649. The van der Waals surface area contributed by atoms with E-state index in [9.17, 15) is 9.59 Å². The van der Waals surface area contributed by atoms with Crippen LogP contribution in [-0.4, -0.2) is 18.0 Å². The molecule has 0 spiro atoms. The van der Waals surface area contributed by atoms with Gasteiger partial charge >= 0.3 is 6.09 Å². The Labute approximate surface area is 141 Å².